The Hall–Kier alpha value is -3.04. The van der Waals surface area contributed by atoms with Crippen LogP contribution in [0, 0.1) is 39.9 Å². The molecule has 0 heterocycles. The van der Waals surface area contributed by atoms with E-state index in [2.05, 4.69) is 19.2 Å². The summed E-state index contributed by atoms with van der Waals surface area (Å²) in [6.07, 6.45) is -1.07. The highest BCUT2D eigenvalue weighted by molar-refractivity contribution is 5.95. The highest BCUT2D eigenvalue weighted by atomic mass is 16.6. The lowest BCUT2D eigenvalue weighted by atomic mass is 9.38. The summed E-state index contributed by atoms with van der Waals surface area (Å²) in [6.45, 7) is 14.0. The molecule has 2 aromatic carbocycles. The van der Waals surface area contributed by atoms with Crippen molar-refractivity contribution in [2.45, 2.75) is 110 Å². The van der Waals surface area contributed by atoms with Crippen LogP contribution in [-0.4, -0.2) is 62.3 Å². The number of fused-ring (bicyclic) bond motifs is 4. The summed E-state index contributed by atoms with van der Waals surface area (Å²) < 4.78 is 6.19. The van der Waals surface area contributed by atoms with E-state index in [4.69, 9.17) is 4.74 Å². The van der Waals surface area contributed by atoms with Gasteiger partial charge in [0.2, 0.25) is 0 Å². The van der Waals surface area contributed by atoms with Gasteiger partial charge in [0.15, 0.2) is 6.10 Å². The number of hydrogen-bond donors (Lipinski definition) is 5. The average Bonchev–Trinajstić information content (AvgIpc) is 3.34. The van der Waals surface area contributed by atoms with Crippen LogP contribution in [0.1, 0.15) is 96.1 Å². The highest BCUT2D eigenvalue weighted by Gasteiger charge is 2.72. The molecule has 0 unspecified atom stereocenters. The minimum atomic E-state index is -1.71. The van der Waals surface area contributed by atoms with Crippen molar-refractivity contribution in [3.05, 3.63) is 82.9 Å². The Morgan fingerprint density at radius 3 is 2.17 bits per heavy atom. The maximum Gasteiger partial charge on any atom is 0.338 e. The lowest BCUT2D eigenvalue weighted by Crippen LogP contribution is -2.66. The second-order valence-corrected chi connectivity index (χ2v) is 16.3. The molecule has 0 saturated heterocycles. The van der Waals surface area contributed by atoms with Crippen molar-refractivity contribution >= 4 is 11.9 Å². The molecule has 8 heteroatoms. The maximum absolute atomic E-state index is 13.9. The normalized spacial score (nSPS) is 38.8. The van der Waals surface area contributed by atoms with Crippen LogP contribution in [0.3, 0.4) is 0 Å². The topological polar surface area (TPSA) is 136 Å². The number of carbonyl (C=O) groups excluding carboxylic acids is 2. The van der Waals surface area contributed by atoms with Crippen molar-refractivity contribution in [2.75, 3.05) is 0 Å². The molecule has 260 valence electrons. The summed E-state index contributed by atoms with van der Waals surface area (Å²) in [7, 11) is 0. The van der Waals surface area contributed by atoms with Gasteiger partial charge in [-0.25, -0.2) is 4.79 Å². The third kappa shape index (κ3) is 5.00. The molecule has 6 rings (SSSR count). The predicted octanol–water partition coefficient (Wildman–Crippen LogP) is 5.36. The van der Waals surface area contributed by atoms with E-state index in [1.54, 1.807) is 54.6 Å². The summed E-state index contributed by atoms with van der Waals surface area (Å²) in [5.41, 5.74) is -0.467. The van der Waals surface area contributed by atoms with Crippen LogP contribution in [0.5, 0.6) is 0 Å². The second-order valence-electron chi connectivity index (χ2n) is 16.3. The van der Waals surface area contributed by atoms with Crippen molar-refractivity contribution < 1.29 is 34.8 Å². The van der Waals surface area contributed by atoms with Gasteiger partial charge in [0.05, 0.1) is 23.9 Å². The zero-order chi connectivity index (χ0) is 35.0. The Labute approximate surface area is 284 Å². The zero-order valence-electron chi connectivity index (χ0n) is 29.3. The number of hydrogen-bond acceptors (Lipinski definition) is 7. The minimum absolute atomic E-state index is 0.0997. The average molecular weight is 660 g/mol. The monoisotopic (exact) mass is 659 g/mol. The lowest BCUT2D eigenvalue weighted by Gasteiger charge is -2.67. The Kier molecular flexibility index (Phi) is 8.76. The molecular weight excluding hydrogens is 606 g/mol. The number of benzene rings is 2. The summed E-state index contributed by atoms with van der Waals surface area (Å²) in [6, 6.07) is 16.4. The molecule has 4 aliphatic carbocycles. The van der Waals surface area contributed by atoms with Crippen molar-refractivity contribution in [3.63, 3.8) is 0 Å². The number of amides is 1. The number of esters is 1. The van der Waals surface area contributed by atoms with Crippen LogP contribution >= 0.6 is 0 Å². The first-order valence-electron chi connectivity index (χ1n) is 17.6. The van der Waals surface area contributed by atoms with E-state index >= 15 is 0 Å². The van der Waals surface area contributed by atoms with E-state index in [9.17, 15) is 30.0 Å². The van der Waals surface area contributed by atoms with E-state index in [1.807, 2.05) is 40.7 Å². The van der Waals surface area contributed by atoms with Gasteiger partial charge in [-0.05, 0) is 86.5 Å². The molecule has 48 heavy (non-hydrogen) atoms. The first-order valence-corrected chi connectivity index (χ1v) is 17.6. The van der Waals surface area contributed by atoms with Crippen LogP contribution in [-0.2, 0) is 9.53 Å². The van der Waals surface area contributed by atoms with Gasteiger partial charge >= 0.3 is 5.97 Å². The van der Waals surface area contributed by atoms with Crippen molar-refractivity contribution in [3.8, 4) is 0 Å². The maximum atomic E-state index is 13.9. The first kappa shape index (κ1) is 34.8. The largest absolute Gasteiger partial charge is 0.456 e. The molecule has 0 aromatic heterocycles. The fourth-order valence-corrected chi connectivity index (χ4v) is 11.2. The summed E-state index contributed by atoms with van der Waals surface area (Å²) in [5.74, 6) is -1.68. The number of ether oxygens (including phenoxy) is 1. The third-order valence-corrected chi connectivity index (χ3v) is 13.7. The van der Waals surface area contributed by atoms with E-state index in [0.29, 0.717) is 23.5 Å². The zero-order valence-corrected chi connectivity index (χ0v) is 29.3. The van der Waals surface area contributed by atoms with Gasteiger partial charge in [0.25, 0.3) is 5.91 Å². The number of carbonyl (C=O) groups is 2. The molecule has 8 nitrogen and oxygen atoms in total. The third-order valence-electron chi connectivity index (χ3n) is 13.7. The molecule has 0 aliphatic heterocycles. The number of aliphatic hydroxyl groups excluding tert-OH is 3. The van der Waals surface area contributed by atoms with Gasteiger partial charge < -0.3 is 30.5 Å². The smallest absolute Gasteiger partial charge is 0.338 e. The quantitative estimate of drug-likeness (QED) is 0.200. The fraction of sp³-hybridized carbons (Fsp3) is 0.600. The number of aliphatic hydroxyl groups is 4. The van der Waals surface area contributed by atoms with E-state index in [1.165, 1.54) is 0 Å². The Balaban J connectivity index is 1.36. The number of nitrogens with one attached hydrogen (secondary N) is 1. The van der Waals surface area contributed by atoms with Gasteiger partial charge in [0, 0.05) is 28.7 Å². The molecule has 0 radical (unpaired) electrons. The molecule has 4 aliphatic rings. The van der Waals surface area contributed by atoms with Gasteiger partial charge in [-0.3, -0.25) is 4.79 Å². The Morgan fingerprint density at radius 1 is 1.00 bits per heavy atom. The van der Waals surface area contributed by atoms with Gasteiger partial charge in [-0.2, -0.15) is 0 Å². The molecule has 0 bridgehead atoms. The van der Waals surface area contributed by atoms with E-state index in [0.717, 1.165) is 24.0 Å². The van der Waals surface area contributed by atoms with Crippen LogP contribution < -0.4 is 5.32 Å². The van der Waals surface area contributed by atoms with Crippen LogP contribution in [0.15, 0.2) is 71.8 Å². The first-order chi connectivity index (χ1) is 22.5. The summed E-state index contributed by atoms with van der Waals surface area (Å²) in [5, 5.41) is 50.5. The molecule has 3 saturated carbocycles. The van der Waals surface area contributed by atoms with Gasteiger partial charge in [0.1, 0.15) is 6.10 Å². The lowest BCUT2D eigenvalue weighted by molar-refractivity contribution is -0.242. The van der Waals surface area contributed by atoms with Crippen LogP contribution in [0.4, 0.5) is 0 Å². The van der Waals surface area contributed by atoms with E-state index in [-0.39, 0.29) is 23.7 Å². The van der Waals surface area contributed by atoms with Gasteiger partial charge in [-0.1, -0.05) is 81.8 Å². The molecule has 2 aromatic rings. The predicted molar refractivity (Wildman–Crippen MR) is 182 cm³/mol. The number of rotatable bonds is 7. The minimum Gasteiger partial charge on any atom is -0.456 e. The molecule has 1 amide bonds. The summed E-state index contributed by atoms with van der Waals surface area (Å²) >= 11 is 0. The van der Waals surface area contributed by atoms with Crippen LogP contribution in [0.2, 0.25) is 0 Å². The standard InChI is InChI=1S/C40H53NO7/c1-22-28(48-36(46)32(43)31(25-14-10-8-11-15-25)41-35(45)26-16-12-9-13-17-26)21-40(37(4,5)47)24(3)33-38(6)19-18-27(38)20-29(42)39(33,7)34(44)23(2)30(22)40/h8-17,23-24,27-29,31-34,42-44,47H,18-21H2,1-7H3,(H,41,45)/t23-,24-,27+,28-,29-,31-,32+,33+,34-,38+,39+,40+/m0/s1. The second kappa shape index (κ2) is 12.1. The molecule has 0 spiro atoms. The molecule has 12 atom stereocenters. The Bertz CT molecular complexity index is 1570. The Morgan fingerprint density at radius 2 is 1.60 bits per heavy atom. The summed E-state index contributed by atoms with van der Waals surface area (Å²) in [4.78, 5) is 27.1. The van der Waals surface area contributed by atoms with Crippen molar-refractivity contribution in [1.82, 2.24) is 5.32 Å². The molecule has 5 N–H and O–H groups in total. The van der Waals surface area contributed by atoms with Crippen molar-refractivity contribution in [2.24, 2.45) is 39.9 Å². The fourth-order valence-electron chi connectivity index (χ4n) is 11.2. The van der Waals surface area contributed by atoms with Crippen LogP contribution in [0.25, 0.3) is 0 Å². The van der Waals surface area contributed by atoms with Crippen molar-refractivity contribution in [1.29, 1.82) is 0 Å². The molecular formula is C40H53NO7. The van der Waals surface area contributed by atoms with Gasteiger partial charge in [-0.15, -0.1) is 0 Å². The SMILES string of the molecule is CC1=C2[C@H](C)[C@H](O)[C@@]3(C)[C@H]([C@H](C)[C@]2(C(C)(C)O)C[C@@H]1OC(=O)[C@H](O)[C@@H](NC(=O)c1ccccc1)c1ccccc1)[C@]1(C)CC[C@@H]1C[C@@H]3O. The molecule has 3 fully saturated rings. The van der Waals surface area contributed by atoms with E-state index < -0.39 is 64.7 Å². The highest BCUT2D eigenvalue weighted by Crippen LogP contribution is 2.74.